The fraction of sp³-hybridized carbons (Fsp3) is 0.812. The molecule has 1 aliphatic carbocycles. The number of piperidine rings is 1. The highest BCUT2D eigenvalue weighted by Crippen LogP contribution is 2.44. The maximum atomic E-state index is 13.0. The Morgan fingerprint density at radius 1 is 1.18 bits per heavy atom. The fourth-order valence-corrected chi connectivity index (χ4v) is 5.89. The Labute approximate surface area is 133 Å². The van der Waals surface area contributed by atoms with E-state index >= 15 is 0 Å². The van der Waals surface area contributed by atoms with Gasteiger partial charge in [0.05, 0.1) is 5.69 Å². The fourth-order valence-electron chi connectivity index (χ4n) is 4.13. The van der Waals surface area contributed by atoms with Crippen LogP contribution in [0.25, 0.3) is 0 Å². The first kappa shape index (κ1) is 16.0. The normalized spacial score (nSPS) is 23.0. The average molecular weight is 325 g/mol. The van der Waals surface area contributed by atoms with E-state index in [1.54, 1.807) is 22.1 Å². The molecule has 1 spiro atoms. The molecule has 0 radical (unpaired) electrons. The SMILES string of the molecule is CCn1cc(S(=O)(=O)N2CCCC3(CCCCC3)C2)c(C)n1. The molecule has 0 atom stereocenters. The molecular formula is C16H27N3O2S. The molecule has 1 aromatic heterocycles. The predicted molar refractivity (Wildman–Crippen MR) is 86.1 cm³/mol. The van der Waals surface area contributed by atoms with Crippen LogP contribution in [0.5, 0.6) is 0 Å². The van der Waals surface area contributed by atoms with E-state index in [9.17, 15) is 8.42 Å². The number of aryl methyl sites for hydroxylation is 2. The lowest BCUT2D eigenvalue weighted by Crippen LogP contribution is -2.46. The van der Waals surface area contributed by atoms with Crippen molar-refractivity contribution in [2.75, 3.05) is 13.1 Å². The summed E-state index contributed by atoms with van der Waals surface area (Å²) in [5.74, 6) is 0. The van der Waals surface area contributed by atoms with Crippen molar-refractivity contribution in [1.29, 1.82) is 0 Å². The van der Waals surface area contributed by atoms with E-state index in [1.807, 2.05) is 6.92 Å². The zero-order valence-electron chi connectivity index (χ0n) is 13.7. The minimum absolute atomic E-state index is 0.234. The highest BCUT2D eigenvalue weighted by molar-refractivity contribution is 7.89. The molecule has 1 aromatic rings. The van der Waals surface area contributed by atoms with Crippen molar-refractivity contribution in [3.8, 4) is 0 Å². The van der Waals surface area contributed by atoms with Gasteiger partial charge in [-0.3, -0.25) is 4.68 Å². The van der Waals surface area contributed by atoms with Crippen LogP contribution < -0.4 is 0 Å². The number of sulfonamides is 1. The molecule has 0 amide bonds. The van der Waals surface area contributed by atoms with Crippen LogP contribution in [0.1, 0.15) is 57.6 Å². The van der Waals surface area contributed by atoms with Gasteiger partial charge in [-0.15, -0.1) is 0 Å². The third-order valence-electron chi connectivity index (χ3n) is 5.38. The summed E-state index contributed by atoms with van der Waals surface area (Å²) in [5.41, 5.74) is 0.850. The van der Waals surface area contributed by atoms with Crippen LogP contribution in [0.15, 0.2) is 11.1 Å². The number of rotatable bonds is 3. The highest BCUT2D eigenvalue weighted by atomic mass is 32.2. The van der Waals surface area contributed by atoms with Crippen LogP contribution in [0.4, 0.5) is 0 Å². The van der Waals surface area contributed by atoms with Crippen LogP contribution in [0, 0.1) is 12.3 Å². The van der Waals surface area contributed by atoms with Gasteiger partial charge in [0.15, 0.2) is 0 Å². The first-order valence-electron chi connectivity index (χ1n) is 8.51. The Morgan fingerprint density at radius 3 is 2.50 bits per heavy atom. The lowest BCUT2D eigenvalue weighted by atomic mass is 9.70. The van der Waals surface area contributed by atoms with Crippen molar-refractivity contribution in [1.82, 2.24) is 14.1 Å². The summed E-state index contributed by atoms with van der Waals surface area (Å²) in [7, 11) is -3.41. The largest absolute Gasteiger partial charge is 0.271 e. The third kappa shape index (κ3) is 2.83. The minimum atomic E-state index is -3.41. The Morgan fingerprint density at radius 2 is 1.86 bits per heavy atom. The molecule has 124 valence electrons. The molecule has 2 heterocycles. The molecule has 0 aromatic carbocycles. The van der Waals surface area contributed by atoms with E-state index in [4.69, 9.17) is 0 Å². The van der Waals surface area contributed by atoms with Crippen LogP contribution in [0.3, 0.4) is 0 Å². The summed E-state index contributed by atoms with van der Waals surface area (Å²) in [4.78, 5) is 0.391. The molecule has 0 bridgehead atoms. The van der Waals surface area contributed by atoms with Gasteiger partial charge in [0.2, 0.25) is 10.0 Å². The van der Waals surface area contributed by atoms with Crippen molar-refractivity contribution in [2.24, 2.45) is 5.41 Å². The van der Waals surface area contributed by atoms with Crippen molar-refractivity contribution in [3.63, 3.8) is 0 Å². The minimum Gasteiger partial charge on any atom is -0.271 e. The first-order valence-corrected chi connectivity index (χ1v) is 9.95. The predicted octanol–water partition coefficient (Wildman–Crippen LogP) is 2.95. The van der Waals surface area contributed by atoms with Gasteiger partial charge in [0, 0.05) is 25.8 Å². The van der Waals surface area contributed by atoms with Gasteiger partial charge in [0.1, 0.15) is 4.90 Å². The standard InChI is InChI=1S/C16H27N3O2S/c1-3-18-12-15(14(2)17-18)22(20,21)19-11-7-10-16(13-19)8-5-4-6-9-16/h12H,3-11,13H2,1-2H3. The maximum absolute atomic E-state index is 13.0. The zero-order valence-corrected chi connectivity index (χ0v) is 14.5. The van der Waals surface area contributed by atoms with E-state index in [2.05, 4.69) is 5.10 Å². The van der Waals surface area contributed by atoms with E-state index in [1.165, 1.54) is 38.5 Å². The third-order valence-corrected chi connectivity index (χ3v) is 7.33. The monoisotopic (exact) mass is 325 g/mol. The van der Waals surface area contributed by atoms with Crippen molar-refractivity contribution < 1.29 is 8.42 Å². The molecule has 1 saturated carbocycles. The quantitative estimate of drug-likeness (QED) is 0.858. The Hall–Kier alpha value is -0.880. The molecule has 6 heteroatoms. The van der Waals surface area contributed by atoms with Gasteiger partial charge >= 0.3 is 0 Å². The van der Waals surface area contributed by atoms with Crippen molar-refractivity contribution in [2.45, 2.75) is 70.2 Å². The van der Waals surface area contributed by atoms with Gasteiger partial charge in [-0.25, -0.2) is 8.42 Å². The summed E-state index contributed by atoms with van der Waals surface area (Å²) in [6.07, 6.45) is 10.0. The summed E-state index contributed by atoms with van der Waals surface area (Å²) in [5, 5.41) is 4.31. The van der Waals surface area contributed by atoms with Crippen LogP contribution in [0.2, 0.25) is 0 Å². The molecule has 0 unspecified atom stereocenters. The van der Waals surface area contributed by atoms with E-state index in [0.717, 1.165) is 6.42 Å². The second-order valence-electron chi connectivity index (χ2n) is 6.94. The number of hydrogen-bond donors (Lipinski definition) is 0. The van der Waals surface area contributed by atoms with E-state index in [-0.39, 0.29) is 5.41 Å². The molecule has 2 fully saturated rings. The van der Waals surface area contributed by atoms with Gasteiger partial charge in [0.25, 0.3) is 0 Å². The number of aromatic nitrogens is 2. The summed E-state index contributed by atoms with van der Waals surface area (Å²) < 4.78 is 29.5. The Balaban J connectivity index is 1.86. The van der Waals surface area contributed by atoms with E-state index < -0.39 is 10.0 Å². The molecule has 22 heavy (non-hydrogen) atoms. The summed E-state index contributed by atoms with van der Waals surface area (Å²) in [6.45, 7) is 5.81. The topological polar surface area (TPSA) is 55.2 Å². The molecule has 1 aliphatic heterocycles. The van der Waals surface area contributed by atoms with E-state index in [0.29, 0.717) is 30.2 Å². The van der Waals surface area contributed by atoms with Gasteiger partial charge in [-0.1, -0.05) is 19.3 Å². The number of nitrogens with zero attached hydrogens (tertiary/aromatic N) is 3. The Kier molecular flexibility index (Phi) is 4.34. The van der Waals surface area contributed by atoms with Crippen molar-refractivity contribution in [3.05, 3.63) is 11.9 Å². The zero-order chi connectivity index (χ0) is 15.8. The lowest BCUT2D eigenvalue weighted by Gasteiger charge is -2.44. The highest BCUT2D eigenvalue weighted by Gasteiger charge is 2.41. The van der Waals surface area contributed by atoms with Crippen LogP contribution >= 0.6 is 0 Å². The molecule has 0 N–H and O–H groups in total. The molecule has 1 saturated heterocycles. The van der Waals surface area contributed by atoms with Crippen LogP contribution in [-0.2, 0) is 16.6 Å². The summed E-state index contributed by atoms with van der Waals surface area (Å²) >= 11 is 0. The van der Waals surface area contributed by atoms with Crippen LogP contribution in [-0.4, -0.2) is 35.6 Å². The molecule has 3 rings (SSSR count). The lowest BCUT2D eigenvalue weighted by molar-refractivity contribution is 0.0965. The van der Waals surface area contributed by atoms with Crippen molar-refractivity contribution >= 4 is 10.0 Å². The summed E-state index contributed by atoms with van der Waals surface area (Å²) in [6, 6.07) is 0. The van der Waals surface area contributed by atoms with Gasteiger partial charge in [-0.05, 0) is 44.9 Å². The second kappa shape index (κ2) is 5.96. The molecule has 5 nitrogen and oxygen atoms in total. The van der Waals surface area contributed by atoms with Gasteiger partial charge in [-0.2, -0.15) is 9.40 Å². The number of hydrogen-bond acceptors (Lipinski definition) is 3. The second-order valence-corrected chi connectivity index (χ2v) is 8.84. The average Bonchev–Trinajstić information content (AvgIpc) is 2.90. The van der Waals surface area contributed by atoms with Gasteiger partial charge < -0.3 is 0 Å². The Bertz CT molecular complexity index is 624. The molecule has 2 aliphatic rings. The first-order chi connectivity index (χ1) is 10.5. The molecular weight excluding hydrogens is 298 g/mol. The maximum Gasteiger partial charge on any atom is 0.246 e. The smallest absolute Gasteiger partial charge is 0.246 e.